The molecule has 0 aliphatic carbocycles. The number of benzene rings is 1. The van der Waals surface area contributed by atoms with Gasteiger partial charge in [0, 0.05) is 5.02 Å². The van der Waals surface area contributed by atoms with E-state index in [0.29, 0.717) is 5.02 Å². The van der Waals surface area contributed by atoms with Gasteiger partial charge in [-0.25, -0.2) is 14.7 Å². The highest BCUT2D eigenvalue weighted by Gasteiger charge is 2.42. The first-order chi connectivity index (χ1) is 10.0. The van der Waals surface area contributed by atoms with E-state index in [1.165, 1.54) is 18.3 Å². The fraction of sp³-hybridized carbons (Fsp3) is 0.231. The van der Waals surface area contributed by atoms with Gasteiger partial charge in [-0.2, -0.15) is 0 Å². The summed E-state index contributed by atoms with van der Waals surface area (Å²) < 4.78 is 0. The minimum Gasteiger partial charge on any atom is -0.390 e. The molecule has 3 N–H and O–H groups in total. The third kappa shape index (κ3) is 3.26. The Morgan fingerprint density at radius 2 is 2.14 bits per heavy atom. The molecule has 1 heterocycles. The first-order valence-corrected chi connectivity index (χ1v) is 6.54. The van der Waals surface area contributed by atoms with Crippen molar-refractivity contribution in [1.29, 1.82) is 0 Å². The number of nitrogens with one attached hydrogen (secondary N) is 2. The van der Waals surface area contributed by atoms with Crippen molar-refractivity contribution >= 4 is 41.3 Å². The fourth-order valence-corrected chi connectivity index (χ4v) is 2.05. The van der Waals surface area contributed by atoms with Gasteiger partial charge in [-0.05, 0) is 18.2 Å². The maximum Gasteiger partial charge on any atom is 0.335 e. The van der Waals surface area contributed by atoms with Crippen LogP contribution in [0.2, 0.25) is 5.02 Å². The average Bonchev–Trinajstić information content (AvgIpc) is 2.42. The number of carbonyl (C=O) groups is 3. The lowest BCUT2D eigenvalue weighted by atomic mass is 10.1. The second-order valence-electron chi connectivity index (χ2n) is 4.27. The molecule has 0 bridgehead atoms. The molecular weight excluding hydrogens is 298 g/mol. The molecule has 4 amide bonds. The number of urea groups is 1. The molecule has 0 saturated carbocycles. The molecule has 1 aliphatic heterocycles. The van der Waals surface area contributed by atoms with Gasteiger partial charge in [0.25, 0.3) is 11.8 Å². The highest BCUT2D eigenvalue weighted by molar-refractivity contribution is 6.33. The summed E-state index contributed by atoms with van der Waals surface area (Å²) in [5, 5.41) is 11.2. The zero-order valence-corrected chi connectivity index (χ0v) is 11.6. The molecule has 0 spiro atoms. The number of hydrogen-bond acceptors (Lipinski definition) is 4. The first kappa shape index (κ1) is 15.1. The van der Waals surface area contributed by atoms with Crippen LogP contribution >= 0.6 is 11.6 Å². The number of rotatable bonds is 4. The molecule has 2 rings (SSSR count). The molecule has 8 heteroatoms. The van der Waals surface area contributed by atoms with Crippen molar-refractivity contribution in [2.45, 2.75) is 0 Å². The monoisotopic (exact) mass is 310 g/mol. The molecule has 1 aromatic rings. The largest absolute Gasteiger partial charge is 0.390 e. The van der Waals surface area contributed by atoms with Gasteiger partial charge in [-0.1, -0.05) is 17.7 Å². The van der Waals surface area contributed by atoms with E-state index >= 15 is 0 Å². The Morgan fingerprint density at radius 3 is 2.81 bits per heavy atom. The minimum absolute atomic E-state index is 0.143. The first-order valence-electron chi connectivity index (χ1n) is 6.16. The number of anilines is 1. The molecule has 7 nitrogen and oxygen atoms in total. The second-order valence-corrected chi connectivity index (χ2v) is 4.71. The van der Waals surface area contributed by atoms with E-state index in [1.807, 2.05) is 0 Å². The van der Waals surface area contributed by atoms with Crippen LogP contribution in [0.3, 0.4) is 0 Å². The Kier molecular flexibility index (Phi) is 4.66. The van der Waals surface area contributed by atoms with Gasteiger partial charge >= 0.3 is 6.03 Å². The number of carbonyl (C=O) groups excluding carboxylic acids is 3. The van der Waals surface area contributed by atoms with Crippen LogP contribution in [-0.4, -0.2) is 42.3 Å². The van der Waals surface area contributed by atoms with Gasteiger partial charge < -0.3 is 5.11 Å². The Bertz CT molecular complexity index is 617. The second kappa shape index (κ2) is 6.47. The molecule has 1 aliphatic rings. The van der Waals surface area contributed by atoms with E-state index < -0.39 is 23.8 Å². The van der Waals surface area contributed by atoms with Crippen LogP contribution < -0.4 is 15.2 Å². The van der Waals surface area contributed by atoms with Crippen LogP contribution in [0.25, 0.3) is 0 Å². The van der Waals surface area contributed by atoms with Crippen LogP contribution in [0.4, 0.5) is 10.5 Å². The maximum absolute atomic E-state index is 12.3. The Morgan fingerprint density at radius 1 is 1.38 bits per heavy atom. The number of nitrogens with zero attached hydrogens (tertiary/aromatic N) is 1. The van der Waals surface area contributed by atoms with Crippen LogP contribution in [0.5, 0.6) is 0 Å². The number of imide groups is 2. The molecule has 0 unspecified atom stereocenters. The van der Waals surface area contributed by atoms with E-state index in [-0.39, 0.29) is 18.8 Å². The number of aliphatic hydroxyl groups is 1. The number of halogens is 1. The molecule has 0 radical (unpaired) electrons. The summed E-state index contributed by atoms with van der Waals surface area (Å²) in [6, 6.07) is 5.37. The number of aliphatic hydroxyl groups excluding tert-OH is 1. The Labute approximate surface area is 125 Å². The quantitative estimate of drug-likeness (QED) is 0.474. The van der Waals surface area contributed by atoms with Crippen molar-refractivity contribution in [3.05, 3.63) is 29.3 Å². The van der Waals surface area contributed by atoms with Crippen LogP contribution in [-0.2, 0) is 9.59 Å². The van der Waals surface area contributed by atoms with Crippen molar-refractivity contribution in [3.8, 4) is 0 Å². The zero-order chi connectivity index (χ0) is 15.4. The third-order valence-electron chi connectivity index (χ3n) is 2.81. The predicted octanol–water partition coefficient (Wildman–Crippen LogP) is -1.32. The van der Waals surface area contributed by atoms with Crippen molar-refractivity contribution in [1.82, 2.24) is 5.32 Å². The smallest absolute Gasteiger partial charge is 0.335 e. The fourth-order valence-electron chi connectivity index (χ4n) is 1.86. The number of hydrogen-bond donors (Lipinski definition) is 3. The molecule has 1 aromatic carbocycles. The molecular formula is C13H13ClN3O4+. The van der Waals surface area contributed by atoms with Gasteiger partial charge in [0.05, 0.1) is 5.69 Å². The Balaban J connectivity index is 2.31. The summed E-state index contributed by atoms with van der Waals surface area (Å²) in [5.74, 6) is -2.56. The highest BCUT2D eigenvalue weighted by Crippen LogP contribution is 2.22. The van der Waals surface area contributed by atoms with E-state index in [2.05, 4.69) is 10.3 Å². The Hall–Kier alpha value is -2.25. The van der Waals surface area contributed by atoms with Gasteiger partial charge in [0.15, 0.2) is 18.7 Å². The van der Waals surface area contributed by atoms with E-state index in [4.69, 9.17) is 16.7 Å². The van der Waals surface area contributed by atoms with Crippen LogP contribution in [0.15, 0.2) is 24.3 Å². The molecule has 110 valence electrons. The molecule has 0 aromatic heterocycles. The average molecular weight is 311 g/mol. The van der Waals surface area contributed by atoms with Crippen LogP contribution in [0, 0.1) is 5.92 Å². The van der Waals surface area contributed by atoms with Gasteiger partial charge in [-0.3, -0.25) is 14.9 Å². The lowest BCUT2D eigenvalue weighted by molar-refractivity contribution is -0.456. The summed E-state index contributed by atoms with van der Waals surface area (Å²) in [4.78, 5) is 39.4. The topological polar surface area (TPSA) is 101 Å². The van der Waals surface area contributed by atoms with Crippen molar-refractivity contribution < 1.29 is 24.5 Å². The van der Waals surface area contributed by atoms with Gasteiger partial charge in [-0.15, -0.1) is 0 Å². The lowest BCUT2D eigenvalue weighted by Crippen LogP contribution is -2.73. The summed E-state index contributed by atoms with van der Waals surface area (Å²) >= 11 is 5.84. The number of amides is 4. The summed E-state index contributed by atoms with van der Waals surface area (Å²) in [7, 11) is 0. The third-order valence-corrected chi connectivity index (χ3v) is 3.04. The highest BCUT2D eigenvalue weighted by atomic mass is 35.5. The number of barbiturate groups is 1. The summed E-state index contributed by atoms with van der Waals surface area (Å²) in [5.41, 5.74) is 0.276. The van der Waals surface area contributed by atoms with Crippen molar-refractivity contribution in [2.24, 2.45) is 5.92 Å². The lowest BCUT2D eigenvalue weighted by Gasteiger charge is -2.27. The van der Waals surface area contributed by atoms with E-state index in [0.717, 1.165) is 4.90 Å². The standard InChI is InChI=1S/C13H12ClN3O4/c14-8-2-1-3-9(6-8)17-12(20)10(7-15-4-5-18)11(19)16-13(17)21/h1-3,6-7,10,18H,4-5H2,(H,16,19,21)/p+1/t10-/m1/s1. The van der Waals surface area contributed by atoms with Gasteiger partial charge in [0.1, 0.15) is 6.61 Å². The molecule has 1 atom stereocenters. The van der Waals surface area contributed by atoms with E-state index in [9.17, 15) is 14.4 Å². The normalized spacial score (nSPS) is 19.2. The zero-order valence-electron chi connectivity index (χ0n) is 10.9. The summed E-state index contributed by atoms with van der Waals surface area (Å²) in [6.45, 7) is 0.0537. The predicted molar refractivity (Wildman–Crippen MR) is 74.9 cm³/mol. The molecule has 1 fully saturated rings. The van der Waals surface area contributed by atoms with Crippen molar-refractivity contribution in [3.63, 3.8) is 0 Å². The SMILES string of the molecule is O=C1NC(=O)N(c2cccc(Cl)c2)C(=O)[C@@H]1C=[NH+]CCO. The molecule has 1 saturated heterocycles. The van der Waals surface area contributed by atoms with Crippen LogP contribution in [0.1, 0.15) is 0 Å². The molecule has 21 heavy (non-hydrogen) atoms. The van der Waals surface area contributed by atoms with Gasteiger partial charge in [0.2, 0.25) is 0 Å². The van der Waals surface area contributed by atoms with E-state index in [1.54, 1.807) is 12.1 Å². The minimum atomic E-state index is -1.16. The summed E-state index contributed by atoms with van der Waals surface area (Å²) in [6.07, 6.45) is 1.25. The van der Waals surface area contributed by atoms with Crippen molar-refractivity contribution in [2.75, 3.05) is 18.1 Å². The maximum atomic E-state index is 12.3.